The van der Waals surface area contributed by atoms with E-state index in [1.54, 1.807) is 13.8 Å². The molecule has 4 N–H and O–H groups in total. The van der Waals surface area contributed by atoms with Crippen molar-refractivity contribution in [1.82, 2.24) is 29.9 Å². The average molecular weight is 1060 g/mol. The van der Waals surface area contributed by atoms with Crippen molar-refractivity contribution in [3.05, 3.63) is 76.6 Å². The van der Waals surface area contributed by atoms with E-state index in [4.69, 9.17) is 23.2 Å². The van der Waals surface area contributed by atoms with Crippen LogP contribution in [0.5, 0.6) is 5.75 Å². The molecule has 0 amide bonds. The SMILES string of the molecule is Cc1ccc(N=Nc2c(S(=O)(=O)[O-])cc3cc(S(=O)(=O)[O-])cc(Nc4nc(Cl)nc(Nc5ccc(S(=O)(=O)[O-])c(Nc6nc(Cl)nc(C(C)C)n6)c5)n4)c3c2O)c(S(=O)(=O)[O-])c1.[Na+].[Na+].[Na+].[Na+]. The summed E-state index contributed by atoms with van der Waals surface area (Å²) in [6.07, 6.45) is 0. The van der Waals surface area contributed by atoms with Gasteiger partial charge in [-0.25, -0.2) is 38.7 Å². The number of phenols is 1. The second-order valence-corrected chi connectivity index (χ2v) is 19.0. The summed E-state index contributed by atoms with van der Waals surface area (Å²) in [6.45, 7) is 4.96. The molecule has 0 aliphatic rings. The van der Waals surface area contributed by atoms with E-state index in [0.717, 1.165) is 30.3 Å². The number of halogens is 2. The Morgan fingerprint density at radius 3 is 1.70 bits per heavy atom. The van der Waals surface area contributed by atoms with Crippen molar-refractivity contribution in [2.24, 2.45) is 10.2 Å². The number of rotatable bonds is 13. The van der Waals surface area contributed by atoms with Gasteiger partial charge in [0.2, 0.25) is 28.4 Å². The molecule has 66 heavy (non-hydrogen) atoms. The van der Waals surface area contributed by atoms with Crippen LogP contribution >= 0.6 is 23.2 Å². The number of aromatic nitrogens is 6. The number of hydrogen-bond acceptors (Lipinski definition) is 24. The normalized spacial score (nSPS) is 11.8. The second-order valence-electron chi connectivity index (χ2n) is 12.9. The zero-order chi connectivity index (χ0) is 45.7. The van der Waals surface area contributed by atoms with Crippen molar-refractivity contribution >= 4 is 121 Å². The van der Waals surface area contributed by atoms with Crippen LogP contribution in [0.1, 0.15) is 31.2 Å². The minimum atomic E-state index is -5.62. The third-order valence-corrected chi connectivity index (χ3v) is 11.8. The third kappa shape index (κ3) is 14.9. The fourth-order valence-electron chi connectivity index (χ4n) is 5.43. The fraction of sp³-hybridized carbons (Fsp3) is 0.125. The van der Waals surface area contributed by atoms with E-state index in [1.165, 1.54) is 13.0 Å². The molecule has 4 aromatic carbocycles. The molecule has 0 aliphatic heterocycles. The monoisotopic (exact) mass is 1060 g/mol. The summed E-state index contributed by atoms with van der Waals surface area (Å²) >= 11 is 12.2. The Labute approximate surface area is 474 Å². The Bertz CT molecular complexity index is 3350. The summed E-state index contributed by atoms with van der Waals surface area (Å²) < 4.78 is 146. The third-order valence-electron chi connectivity index (χ3n) is 8.07. The molecule has 24 nitrogen and oxygen atoms in total. The van der Waals surface area contributed by atoms with E-state index in [2.05, 4.69) is 56.1 Å². The molecule has 0 bridgehead atoms. The zero-order valence-electron chi connectivity index (χ0n) is 35.1. The average Bonchev–Trinajstić information content (AvgIpc) is 3.12. The van der Waals surface area contributed by atoms with Crippen molar-refractivity contribution in [1.29, 1.82) is 0 Å². The topological polar surface area (TPSA) is 387 Å². The molecule has 0 saturated heterocycles. The minimum absolute atomic E-state index is 0. The van der Waals surface area contributed by atoms with Gasteiger partial charge in [0.1, 0.15) is 57.7 Å². The van der Waals surface area contributed by atoms with Gasteiger partial charge in [-0.3, -0.25) is 0 Å². The number of nitrogens with one attached hydrogen (secondary N) is 3. The van der Waals surface area contributed by atoms with Gasteiger partial charge in [-0.1, -0.05) is 19.9 Å². The van der Waals surface area contributed by atoms with Gasteiger partial charge in [-0.05, 0) is 89.6 Å². The predicted octanol–water partition coefficient (Wildman–Crippen LogP) is -7.07. The molecule has 0 spiro atoms. The van der Waals surface area contributed by atoms with Crippen LogP contribution < -0.4 is 134 Å². The molecule has 326 valence electrons. The van der Waals surface area contributed by atoms with E-state index in [9.17, 15) is 57.0 Å². The van der Waals surface area contributed by atoms with Crippen LogP contribution in [-0.2, 0) is 40.5 Å². The summed E-state index contributed by atoms with van der Waals surface area (Å²) in [5.41, 5.74) is -2.30. The predicted molar refractivity (Wildman–Crippen MR) is 213 cm³/mol. The molecular formula is C32H23Cl2N11Na4O13S4. The number of phenolic OH excluding ortho intramolecular Hbond substituents is 1. The molecule has 0 fully saturated rings. The van der Waals surface area contributed by atoms with Crippen LogP contribution in [0.4, 0.5) is 46.3 Å². The maximum Gasteiger partial charge on any atom is 1.00 e. The van der Waals surface area contributed by atoms with E-state index < -0.39 is 111 Å². The summed E-state index contributed by atoms with van der Waals surface area (Å²) in [6, 6.07) is 8.33. The van der Waals surface area contributed by atoms with Crippen LogP contribution in [0.25, 0.3) is 10.8 Å². The second kappa shape index (κ2) is 23.4. The summed E-state index contributed by atoms with van der Waals surface area (Å²) in [5, 5.41) is 24.6. The van der Waals surface area contributed by atoms with Crippen LogP contribution in [0, 0.1) is 6.92 Å². The van der Waals surface area contributed by atoms with Gasteiger partial charge in [0.15, 0.2) is 5.75 Å². The summed E-state index contributed by atoms with van der Waals surface area (Å²) in [7, 11) is -21.3. The van der Waals surface area contributed by atoms with Gasteiger partial charge in [-0.15, -0.1) is 10.2 Å². The number of anilines is 6. The van der Waals surface area contributed by atoms with Crippen molar-refractivity contribution in [2.75, 3.05) is 16.0 Å². The van der Waals surface area contributed by atoms with Crippen LogP contribution in [0.15, 0.2) is 84.4 Å². The molecule has 34 heteroatoms. The number of nitrogens with zero attached hydrogens (tertiary/aromatic N) is 8. The number of azo groups is 1. The Balaban J connectivity index is 0.00000374. The smallest absolute Gasteiger partial charge is 0.744 e. The first kappa shape index (κ1) is 60.3. The quantitative estimate of drug-likeness (QED) is 0.0474. The fourth-order valence-corrected chi connectivity index (χ4v) is 8.25. The number of aryl methyl sites for hydroxylation is 1. The van der Waals surface area contributed by atoms with E-state index >= 15 is 0 Å². The zero-order valence-corrected chi connectivity index (χ0v) is 47.9. The van der Waals surface area contributed by atoms with Crippen LogP contribution in [-0.4, -0.2) is 86.9 Å². The largest absolute Gasteiger partial charge is 1.00 e. The molecule has 6 aromatic rings. The number of fused-ring (bicyclic) bond motifs is 1. The first-order chi connectivity index (χ1) is 28.7. The number of aromatic hydroxyl groups is 1. The van der Waals surface area contributed by atoms with Crippen molar-refractivity contribution in [3.63, 3.8) is 0 Å². The van der Waals surface area contributed by atoms with E-state index in [-0.39, 0.29) is 153 Å². The minimum Gasteiger partial charge on any atom is -0.744 e. The molecule has 0 unspecified atom stereocenters. The Morgan fingerprint density at radius 1 is 0.591 bits per heavy atom. The molecule has 2 aromatic heterocycles. The Morgan fingerprint density at radius 2 is 1.14 bits per heavy atom. The molecule has 2 heterocycles. The molecule has 0 saturated carbocycles. The number of benzene rings is 4. The maximum atomic E-state index is 12.4. The van der Waals surface area contributed by atoms with Crippen molar-refractivity contribution in [2.45, 2.75) is 46.3 Å². The Hall–Kier alpha value is -1.82. The summed E-state index contributed by atoms with van der Waals surface area (Å²) in [5.74, 6) is -2.37. The standard InChI is InChI=1S/C32H27Cl2N11O13S4.4Na/c1-13(2)27-38-28(33)40-31(39-27)36-19-11-16(5-7-21(19)60(50,51)52)35-30-41-29(34)42-32(43-30)37-20-12-17(59(47,48)49)9-15-10-23(62(56,57)58)25(26(46)24(15)20)45-44-18-6-4-14(3)8-22(18)61(53,54)55;;;;/h4-13,46H,1-3H3,(H,47,48,49)(H,50,51,52)(H,53,54,55)(H,56,57,58)(H,36,38,39,40)(H2,35,37,41,42,43);;;;/q;4*+1/p-4. The summed E-state index contributed by atoms with van der Waals surface area (Å²) in [4.78, 5) is 20.1. The van der Waals surface area contributed by atoms with Crippen LogP contribution in [0.2, 0.25) is 10.6 Å². The van der Waals surface area contributed by atoms with Gasteiger partial charge >= 0.3 is 118 Å². The van der Waals surface area contributed by atoms with Gasteiger partial charge < -0.3 is 39.3 Å². The molecule has 6 rings (SSSR count). The van der Waals surface area contributed by atoms with Crippen molar-refractivity contribution in [3.8, 4) is 5.75 Å². The van der Waals surface area contributed by atoms with E-state index in [0.29, 0.717) is 23.8 Å². The van der Waals surface area contributed by atoms with Gasteiger partial charge in [0.05, 0.1) is 31.0 Å². The van der Waals surface area contributed by atoms with Crippen molar-refractivity contribution < 1.29 is 175 Å². The molecule has 0 radical (unpaired) electrons. The molecular weight excluding hydrogens is 1040 g/mol. The van der Waals surface area contributed by atoms with Gasteiger partial charge in [0, 0.05) is 17.0 Å². The first-order valence-electron chi connectivity index (χ1n) is 16.7. The van der Waals surface area contributed by atoms with Gasteiger partial charge in [0.25, 0.3) is 0 Å². The first-order valence-corrected chi connectivity index (χ1v) is 23.0. The van der Waals surface area contributed by atoms with Crippen LogP contribution in [0.3, 0.4) is 0 Å². The Kier molecular flexibility index (Phi) is 21.4. The maximum absolute atomic E-state index is 12.4. The molecule has 0 aliphatic carbocycles. The van der Waals surface area contributed by atoms with Gasteiger partial charge in [-0.2, -0.15) is 24.9 Å². The van der Waals surface area contributed by atoms with E-state index in [1.807, 2.05) is 0 Å². The number of hydrogen-bond donors (Lipinski definition) is 4. The molecule has 0 atom stereocenters.